The molecule has 0 bridgehead atoms. The Hall–Kier alpha value is -3.66. The first-order valence-corrected chi connectivity index (χ1v) is 13.7. The second-order valence-electron chi connectivity index (χ2n) is 11.2. The van der Waals surface area contributed by atoms with E-state index in [1.165, 1.54) is 4.90 Å². The van der Waals surface area contributed by atoms with Crippen LogP contribution in [0.3, 0.4) is 0 Å². The van der Waals surface area contributed by atoms with Gasteiger partial charge in [0.25, 0.3) is 5.91 Å². The lowest BCUT2D eigenvalue weighted by Crippen LogP contribution is -2.53. The summed E-state index contributed by atoms with van der Waals surface area (Å²) < 4.78 is 15.8. The Morgan fingerprint density at radius 3 is 2.67 bits per heavy atom. The Kier molecular flexibility index (Phi) is 6.45. The molecule has 0 radical (unpaired) electrons. The van der Waals surface area contributed by atoms with Gasteiger partial charge in [-0.15, -0.1) is 0 Å². The van der Waals surface area contributed by atoms with Gasteiger partial charge in [-0.05, 0) is 55.9 Å². The minimum Gasteiger partial charge on any atom is -0.337 e. The normalized spacial score (nSPS) is 22.9. The SMILES string of the molecule is CC(=O)N1CCCC12CCN(Cc1ccnc(-c3ccc4c(c3)CN(C3CCC(=O)NC3=O)C4=O)c1F)CC2. The summed E-state index contributed by atoms with van der Waals surface area (Å²) in [7, 11) is 0. The lowest BCUT2D eigenvalue weighted by atomic mass is 9.84. The molecular weight excluding hydrogens is 501 g/mol. The molecule has 10 heteroatoms. The van der Waals surface area contributed by atoms with Crippen LogP contribution in [-0.4, -0.2) is 74.5 Å². The number of halogens is 1. The predicted octanol–water partition coefficient (Wildman–Crippen LogP) is 2.63. The summed E-state index contributed by atoms with van der Waals surface area (Å²) in [6.45, 7) is 4.77. The number of aromatic nitrogens is 1. The molecule has 3 fully saturated rings. The Balaban J connectivity index is 1.17. The van der Waals surface area contributed by atoms with E-state index in [9.17, 15) is 19.2 Å². The molecule has 1 aromatic carbocycles. The summed E-state index contributed by atoms with van der Waals surface area (Å²) in [5, 5.41) is 2.31. The minimum absolute atomic E-state index is 0.0478. The molecule has 5 heterocycles. The van der Waals surface area contributed by atoms with Crippen LogP contribution in [0.1, 0.15) is 66.9 Å². The topological polar surface area (TPSA) is 103 Å². The molecule has 6 rings (SSSR count). The maximum absolute atomic E-state index is 15.8. The molecule has 3 saturated heterocycles. The van der Waals surface area contributed by atoms with Crippen LogP contribution in [0.15, 0.2) is 30.5 Å². The van der Waals surface area contributed by atoms with Gasteiger partial charge in [-0.25, -0.2) is 4.39 Å². The number of imide groups is 1. The van der Waals surface area contributed by atoms with E-state index >= 15 is 4.39 Å². The zero-order valence-electron chi connectivity index (χ0n) is 22.0. The monoisotopic (exact) mass is 533 g/mol. The van der Waals surface area contributed by atoms with Crippen LogP contribution >= 0.6 is 0 Å². The third-order valence-electron chi connectivity index (χ3n) is 8.92. The van der Waals surface area contributed by atoms with Crippen molar-refractivity contribution in [2.45, 2.75) is 70.1 Å². The molecule has 0 aliphatic carbocycles. The molecular formula is C29H32FN5O4. The summed E-state index contributed by atoms with van der Waals surface area (Å²) in [5.41, 5.74) is 2.51. The average molecular weight is 534 g/mol. The molecule has 1 unspecified atom stereocenters. The third-order valence-corrected chi connectivity index (χ3v) is 8.92. The summed E-state index contributed by atoms with van der Waals surface area (Å²) in [4.78, 5) is 59.1. The van der Waals surface area contributed by atoms with Gasteiger partial charge in [-0.1, -0.05) is 6.07 Å². The number of carbonyl (C=O) groups excluding carboxylic acids is 4. The van der Waals surface area contributed by atoms with Gasteiger partial charge in [0.05, 0.1) is 0 Å². The molecule has 1 atom stereocenters. The highest BCUT2D eigenvalue weighted by Crippen LogP contribution is 2.39. The molecule has 1 N–H and O–H groups in total. The molecule has 4 aliphatic heterocycles. The average Bonchev–Trinajstić information content (AvgIpc) is 3.47. The molecule has 204 valence electrons. The molecule has 0 saturated carbocycles. The standard InChI is InChI=1S/C29H32FN5O4/c1-18(36)35-12-2-8-29(35)9-13-33(14-10-29)16-20-7-11-31-26(25(20)30)19-3-4-22-21(15-19)17-34(28(22)39)23-5-6-24(37)32-27(23)38/h3-4,7,11,15,23H,2,5-6,8-10,12-14,16-17H2,1H3,(H,32,37,38). The summed E-state index contributed by atoms with van der Waals surface area (Å²) >= 11 is 0. The number of hydrogen-bond donors (Lipinski definition) is 1. The van der Waals surface area contributed by atoms with Gasteiger partial charge < -0.3 is 9.80 Å². The first-order chi connectivity index (χ1) is 18.8. The maximum Gasteiger partial charge on any atom is 0.255 e. The van der Waals surface area contributed by atoms with Crippen LogP contribution in [0, 0.1) is 5.82 Å². The first-order valence-electron chi connectivity index (χ1n) is 13.7. The maximum atomic E-state index is 15.8. The fraction of sp³-hybridized carbons (Fsp3) is 0.483. The number of pyridine rings is 1. The fourth-order valence-electron chi connectivity index (χ4n) is 6.85. The van der Waals surface area contributed by atoms with Gasteiger partial charge in [0.15, 0.2) is 5.82 Å². The lowest BCUT2D eigenvalue weighted by Gasteiger charge is -2.44. The number of nitrogens with one attached hydrogen (secondary N) is 1. The van der Waals surface area contributed by atoms with Crippen LogP contribution in [0.25, 0.3) is 11.3 Å². The second kappa shape index (κ2) is 9.82. The molecule has 4 aliphatic rings. The Labute approximate surface area is 226 Å². The van der Waals surface area contributed by atoms with Gasteiger partial charge in [-0.2, -0.15) is 0 Å². The number of amides is 4. The number of carbonyl (C=O) groups is 4. The van der Waals surface area contributed by atoms with Crippen LogP contribution in [0.2, 0.25) is 0 Å². The van der Waals surface area contributed by atoms with Gasteiger partial charge in [0, 0.05) is 74.5 Å². The number of piperidine rings is 2. The lowest BCUT2D eigenvalue weighted by molar-refractivity contribution is -0.137. The summed E-state index contributed by atoms with van der Waals surface area (Å²) in [6, 6.07) is 6.15. The number of hydrogen-bond acceptors (Lipinski definition) is 6. The Morgan fingerprint density at radius 2 is 1.92 bits per heavy atom. The van der Waals surface area contributed by atoms with E-state index in [4.69, 9.17) is 0 Å². The fourth-order valence-corrected chi connectivity index (χ4v) is 6.85. The Morgan fingerprint density at radius 1 is 1.13 bits per heavy atom. The zero-order valence-corrected chi connectivity index (χ0v) is 22.0. The van der Waals surface area contributed by atoms with Crippen molar-refractivity contribution in [3.8, 4) is 11.3 Å². The van der Waals surface area contributed by atoms with Crippen LogP contribution in [0.5, 0.6) is 0 Å². The van der Waals surface area contributed by atoms with E-state index in [0.29, 0.717) is 35.2 Å². The van der Waals surface area contributed by atoms with Crippen LogP contribution in [-0.2, 0) is 27.5 Å². The van der Waals surface area contributed by atoms with E-state index in [-0.39, 0.29) is 47.7 Å². The van der Waals surface area contributed by atoms with E-state index < -0.39 is 11.9 Å². The van der Waals surface area contributed by atoms with Crippen LogP contribution in [0.4, 0.5) is 4.39 Å². The van der Waals surface area contributed by atoms with E-state index in [1.807, 2.05) is 4.90 Å². The highest BCUT2D eigenvalue weighted by atomic mass is 19.1. The molecule has 4 amide bonds. The molecule has 39 heavy (non-hydrogen) atoms. The van der Waals surface area contributed by atoms with Gasteiger partial charge >= 0.3 is 0 Å². The van der Waals surface area contributed by atoms with Crippen molar-refractivity contribution in [3.05, 3.63) is 53.0 Å². The van der Waals surface area contributed by atoms with E-state index in [2.05, 4.69) is 15.2 Å². The molecule has 9 nitrogen and oxygen atoms in total. The van der Waals surface area contributed by atoms with Gasteiger partial charge in [0.1, 0.15) is 11.7 Å². The van der Waals surface area contributed by atoms with Crippen molar-refractivity contribution in [1.29, 1.82) is 0 Å². The molecule has 1 aromatic heterocycles. The van der Waals surface area contributed by atoms with Crippen molar-refractivity contribution in [3.63, 3.8) is 0 Å². The summed E-state index contributed by atoms with van der Waals surface area (Å²) in [6.07, 6.45) is 5.97. The van der Waals surface area contributed by atoms with Crippen molar-refractivity contribution in [1.82, 2.24) is 25.0 Å². The van der Waals surface area contributed by atoms with Crippen molar-refractivity contribution in [2.24, 2.45) is 0 Å². The smallest absolute Gasteiger partial charge is 0.255 e. The number of likely N-dealkylation sites (tertiary alicyclic amines) is 2. The van der Waals surface area contributed by atoms with E-state index in [1.54, 1.807) is 37.4 Å². The summed E-state index contributed by atoms with van der Waals surface area (Å²) in [5.74, 6) is -1.29. The Bertz CT molecular complexity index is 1370. The predicted molar refractivity (Wildman–Crippen MR) is 140 cm³/mol. The zero-order chi connectivity index (χ0) is 27.3. The van der Waals surface area contributed by atoms with Crippen molar-refractivity contribution in [2.75, 3.05) is 19.6 Å². The van der Waals surface area contributed by atoms with Crippen molar-refractivity contribution >= 4 is 23.6 Å². The highest BCUT2D eigenvalue weighted by molar-refractivity contribution is 6.05. The number of benzene rings is 1. The van der Waals surface area contributed by atoms with Gasteiger partial charge in [0.2, 0.25) is 17.7 Å². The molecule has 1 spiro atoms. The van der Waals surface area contributed by atoms with E-state index in [0.717, 1.165) is 45.3 Å². The first kappa shape index (κ1) is 25.6. The largest absolute Gasteiger partial charge is 0.337 e. The number of nitrogens with zero attached hydrogens (tertiary/aromatic N) is 4. The quantitative estimate of drug-likeness (QED) is 0.607. The number of rotatable bonds is 4. The van der Waals surface area contributed by atoms with Crippen molar-refractivity contribution < 1.29 is 23.6 Å². The molecule has 2 aromatic rings. The number of fused-ring (bicyclic) bond motifs is 1. The third kappa shape index (κ3) is 4.50. The second-order valence-corrected chi connectivity index (χ2v) is 11.2. The highest BCUT2D eigenvalue weighted by Gasteiger charge is 2.44. The minimum atomic E-state index is -0.695. The van der Waals surface area contributed by atoms with Crippen LogP contribution < -0.4 is 5.32 Å². The van der Waals surface area contributed by atoms with Gasteiger partial charge in [-0.3, -0.25) is 34.4 Å².